The van der Waals surface area contributed by atoms with Crippen LogP contribution in [0.5, 0.6) is 0 Å². The van der Waals surface area contributed by atoms with E-state index >= 15 is 0 Å². The van der Waals surface area contributed by atoms with Gasteiger partial charge in [0.1, 0.15) is 0 Å². The van der Waals surface area contributed by atoms with Crippen molar-refractivity contribution in [3.8, 4) is 0 Å². The monoisotopic (exact) mass is 259 g/mol. The largest absolute Gasteiger partial charge is 0.342 e. The molecule has 1 unspecified atom stereocenters. The van der Waals surface area contributed by atoms with Gasteiger partial charge in [-0.15, -0.1) is 0 Å². The Bertz CT molecular complexity index is 454. The van der Waals surface area contributed by atoms with E-state index < -0.39 is 0 Å². The zero-order valence-corrected chi connectivity index (χ0v) is 11.3. The van der Waals surface area contributed by atoms with Crippen molar-refractivity contribution in [3.05, 3.63) is 29.6 Å². The van der Waals surface area contributed by atoms with E-state index in [0.717, 1.165) is 44.5 Å². The van der Waals surface area contributed by atoms with E-state index in [1.54, 1.807) is 0 Å². The van der Waals surface area contributed by atoms with Crippen LogP contribution in [0.2, 0.25) is 0 Å². The van der Waals surface area contributed by atoms with Gasteiger partial charge in [0.2, 0.25) is 5.91 Å². The number of pyridine rings is 1. The second-order valence-electron chi connectivity index (χ2n) is 5.46. The molecule has 0 saturated carbocycles. The first-order valence-corrected chi connectivity index (χ1v) is 7.29. The third kappa shape index (κ3) is 2.78. The van der Waals surface area contributed by atoms with Gasteiger partial charge in [-0.25, -0.2) is 0 Å². The topological polar surface area (TPSA) is 45.2 Å². The van der Waals surface area contributed by atoms with Crippen LogP contribution in [0.3, 0.4) is 0 Å². The molecular weight excluding hydrogens is 238 g/mol. The maximum atomic E-state index is 12.1. The normalized spacial score (nSPS) is 22.3. The smallest absolute Gasteiger partial charge is 0.236 e. The molecule has 1 saturated heterocycles. The minimum Gasteiger partial charge on any atom is -0.342 e. The lowest BCUT2D eigenvalue weighted by molar-refractivity contribution is -0.131. The highest BCUT2D eigenvalue weighted by Gasteiger charge is 2.24. The summed E-state index contributed by atoms with van der Waals surface area (Å²) in [5, 5.41) is 3.38. The molecule has 4 heteroatoms. The van der Waals surface area contributed by atoms with Gasteiger partial charge in [0.15, 0.2) is 0 Å². The van der Waals surface area contributed by atoms with Gasteiger partial charge in [-0.05, 0) is 43.7 Å². The summed E-state index contributed by atoms with van der Waals surface area (Å²) in [6, 6.07) is 4.38. The van der Waals surface area contributed by atoms with Crippen LogP contribution in [-0.4, -0.2) is 35.4 Å². The fourth-order valence-corrected chi connectivity index (χ4v) is 3.08. The third-order valence-electron chi connectivity index (χ3n) is 4.17. The van der Waals surface area contributed by atoms with Crippen molar-refractivity contribution < 1.29 is 4.79 Å². The minimum absolute atomic E-state index is 0.240. The summed E-state index contributed by atoms with van der Waals surface area (Å²) in [4.78, 5) is 18.5. The summed E-state index contributed by atoms with van der Waals surface area (Å²) in [6.45, 7) is 2.31. The van der Waals surface area contributed by atoms with Gasteiger partial charge < -0.3 is 10.2 Å². The quantitative estimate of drug-likeness (QED) is 0.898. The molecule has 1 aromatic rings. The lowest BCUT2D eigenvalue weighted by Gasteiger charge is -2.27. The Balaban J connectivity index is 1.54. The molecule has 102 valence electrons. The molecule has 0 bridgehead atoms. The molecule has 3 rings (SSSR count). The van der Waals surface area contributed by atoms with Crippen LogP contribution >= 0.6 is 0 Å². The summed E-state index contributed by atoms with van der Waals surface area (Å²) < 4.78 is 0. The van der Waals surface area contributed by atoms with E-state index in [9.17, 15) is 4.79 Å². The van der Waals surface area contributed by atoms with Crippen LogP contribution < -0.4 is 5.32 Å². The van der Waals surface area contributed by atoms with Crippen LogP contribution in [0.15, 0.2) is 18.3 Å². The first-order chi connectivity index (χ1) is 9.34. The number of rotatable bonds is 3. The van der Waals surface area contributed by atoms with E-state index in [1.807, 2.05) is 17.2 Å². The number of carbonyl (C=O) groups excluding carboxylic acids is 1. The lowest BCUT2D eigenvalue weighted by atomic mass is 10.1. The van der Waals surface area contributed by atoms with Gasteiger partial charge in [0.25, 0.3) is 0 Å². The van der Waals surface area contributed by atoms with E-state index in [2.05, 4.69) is 16.4 Å². The molecule has 1 aliphatic carbocycles. The molecule has 1 aromatic heterocycles. The Kier molecular flexibility index (Phi) is 3.78. The Labute approximate surface area is 114 Å². The zero-order chi connectivity index (χ0) is 13.1. The Morgan fingerprint density at radius 1 is 1.37 bits per heavy atom. The average molecular weight is 259 g/mol. The van der Waals surface area contributed by atoms with Gasteiger partial charge in [-0.3, -0.25) is 9.78 Å². The summed E-state index contributed by atoms with van der Waals surface area (Å²) >= 11 is 0. The molecule has 1 N–H and O–H groups in total. The summed E-state index contributed by atoms with van der Waals surface area (Å²) in [7, 11) is 0. The Morgan fingerprint density at radius 2 is 2.21 bits per heavy atom. The fraction of sp³-hybridized carbons (Fsp3) is 0.600. The molecule has 0 radical (unpaired) electrons. The van der Waals surface area contributed by atoms with Crippen molar-refractivity contribution in [2.45, 2.75) is 38.1 Å². The molecule has 2 aliphatic rings. The Hall–Kier alpha value is -1.42. The molecule has 1 amide bonds. The van der Waals surface area contributed by atoms with Crippen molar-refractivity contribution in [2.24, 2.45) is 0 Å². The highest BCUT2D eigenvalue weighted by atomic mass is 16.2. The second-order valence-corrected chi connectivity index (χ2v) is 5.46. The number of likely N-dealkylation sites (tertiary alicyclic amines) is 1. The number of nitrogens with zero attached hydrogens (tertiary/aromatic N) is 2. The van der Waals surface area contributed by atoms with Crippen molar-refractivity contribution in [3.63, 3.8) is 0 Å². The molecule has 0 aromatic carbocycles. The van der Waals surface area contributed by atoms with Gasteiger partial charge in [-0.1, -0.05) is 6.07 Å². The van der Waals surface area contributed by atoms with Crippen LogP contribution in [0.1, 0.15) is 43.0 Å². The maximum absolute atomic E-state index is 12.1. The third-order valence-corrected chi connectivity index (χ3v) is 4.17. The number of nitrogens with one attached hydrogen (secondary N) is 1. The summed E-state index contributed by atoms with van der Waals surface area (Å²) in [5.74, 6) is 0.240. The molecule has 1 aliphatic heterocycles. The van der Waals surface area contributed by atoms with Gasteiger partial charge >= 0.3 is 0 Å². The molecule has 1 fully saturated rings. The Morgan fingerprint density at radius 3 is 3.05 bits per heavy atom. The minimum atomic E-state index is 0.240. The van der Waals surface area contributed by atoms with Crippen molar-refractivity contribution >= 4 is 5.91 Å². The standard InChI is InChI=1S/C15H21N3O/c19-14(18-9-2-1-3-10-18)11-17-13-7-6-12-5-4-8-16-15(12)13/h4-5,8,13,17H,1-3,6-7,9-11H2. The molecule has 4 nitrogen and oxygen atoms in total. The summed E-state index contributed by atoms with van der Waals surface area (Å²) in [5.41, 5.74) is 2.46. The number of piperidine rings is 1. The summed E-state index contributed by atoms with van der Waals surface area (Å²) in [6.07, 6.45) is 7.53. The molecule has 0 spiro atoms. The number of aryl methyl sites for hydroxylation is 1. The highest BCUT2D eigenvalue weighted by molar-refractivity contribution is 5.78. The van der Waals surface area contributed by atoms with Crippen molar-refractivity contribution in [2.75, 3.05) is 19.6 Å². The van der Waals surface area contributed by atoms with Crippen LogP contribution in [0, 0.1) is 0 Å². The predicted molar refractivity (Wildman–Crippen MR) is 73.7 cm³/mol. The fourth-order valence-electron chi connectivity index (χ4n) is 3.08. The van der Waals surface area contributed by atoms with Gasteiger partial charge in [-0.2, -0.15) is 0 Å². The SMILES string of the molecule is O=C(CNC1CCc2cccnc21)N1CCCCC1. The van der Waals surface area contributed by atoms with Crippen LogP contribution in [-0.2, 0) is 11.2 Å². The van der Waals surface area contributed by atoms with Crippen molar-refractivity contribution in [1.29, 1.82) is 0 Å². The van der Waals surface area contributed by atoms with E-state index in [0.29, 0.717) is 6.54 Å². The first kappa shape index (κ1) is 12.6. The number of hydrogen-bond donors (Lipinski definition) is 1. The van der Waals surface area contributed by atoms with Crippen LogP contribution in [0.4, 0.5) is 0 Å². The highest BCUT2D eigenvalue weighted by Crippen LogP contribution is 2.28. The molecular formula is C15H21N3O. The number of fused-ring (bicyclic) bond motifs is 1. The lowest BCUT2D eigenvalue weighted by Crippen LogP contribution is -2.41. The number of amides is 1. The van der Waals surface area contributed by atoms with Gasteiger partial charge in [0.05, 0.1) is 18.3 Å². The van der Waals surface area contributed by atoms with E-state index in [4.69, 9.17) is 0 Å². The number of hydrogen-bond acceptors (Lipinski definition) is 3. The van der Waals surface area contributed by atoms with Crippen molar-refractivity contribution in [1.82, 2.24) is 15.2 Å². The van der Waals surface area contributed by atoms with Crippen LogP contribution in [0.25, 0.3) is 0 Å². The molecule has 2 heterocycles. The second kappa shape index (κ2) is 5.70. The number of carbonyl (C=O) groups is 1. The number of aromatic nitrogens is 1. The average Bonchev–Trinajstić information content (AvgIpc) is 2.89. The first-order valence-electron chi connectivity index (χ1n) is 7.29. The molecule has 19 heavy (non-hydrogen) atoms. The predicted octanol–water partition coefficient (Wildman–Crippen LogP) is 1.67. The van der Waals surface area contributed by atoms with E-state index in [-0.39, 0.29) is 11.9 Å². The maximum Gasteiger partial charge on any atom is 0.236 e. The zero-order valence-electron chi connectivity index (χ0n) is 11.3. The van der Waals surface area contributed by atoms with E-state index in [1.165, 1.54) is 12.0 Å². The molecule has 1 atom stereocenters. The van der Waals surface area contributed by atoms with Gasteiger partial charge in [0, 0.05) is 19.3 Å².